The van der Waals surface area contributed by atoms with Crippen LogP contribution in [0.2, 0.25) is 0 Å². The van der Waals surface area contributed by atoms with Crippen LogP contribution in [0.25, 0.3) is 0 Å². The summed E-state index contributed by atoms with van der Waals surface area (Å²) in [7, 11) is 0. The Morgan fingerprint density at radius 2 is 2.00 bits per heavy atom. The van der Waals surface area contributed by atoms with Crippen LogP contribution in [0.1, 0.15) is 11.3 Å². The van der Waals surface area contributed by atoms with Crippen molar-refractivity contribution in [2.75, 3.05) is 19.7 Å². The third kappa shape index (κ3) is 7.85. The molecule has 0 unspecified atom stereocenters. The zero-order valence-corrected chi connectivity index (χ0v) is 16.1. The maximum atomic E-state index is 12.4. The Hall–Kier alpha value is -2.11. The van der Waals surface area contributed by atoms with Crippen LogP contribution in [0.15, 0.2) is 47.7 Å². The molecule has 2 rings (SSSR count). The van der Waals surface area contributed by atoms with Gasteiger partial charge < -0.3 is 15.8 Å². The molecule has 3 N–H and O–H groups in total. The summed E-state index contributed by atoms with van der Waals surface area (Å²) < 4.78 is 42.4. The molecule has 0 aliphatic heterocycles. The molecule has 2 aromatic rings. The van der Waals surface area contributed by atoms with Gasteiger partial charge in [-0.15, -0.1) is 24.0 Å². The van der Waals surface area contributed by atoms with Gasteiger partial charge in [0.15, 0.2) is 5.96 Å². The van der Waals surface area contributed by atoms with Gasteiger partial charge in [-0.05, 0) is 18.2 Å². The Balaban J connectivity index is 0.00000338. The molecule has 0 amide bonds. The third-order valence-corrected chi connectivity index (χ3v) is 3.10. The topological polar surface area (TPSA) is 85.4 Å². The summed E-state index contributed by atoms with van der Waals surface area (Å²) in [4.78, 5) is 11.9. The van der Waals surface area contributed by atoms with Crippen molar-refractivity contribution in [3.8, 4) is 5.88 Å². The highest BCUT2D eigenvalue weighted by atomic mass is 127. The lowest BCUT2D eigenvalue weighted by Crippen LogP contribution is -2.35. The lowest BCUT2D eigenvalue weighted by Gasteiger charge is -2.09. The van der Waals surface area contributed by atoms with Crippen LogP contribution in [0.5, 0.6) is 5.88 Å². The van der Waals surface area contributed by atoms with E-state index in [1.54, 1.807) is 6.20 Å². The summed E-state index contributed by atoms with van der Waals surface area (Å²) in [6.45, 7) is 1.04. The van der Waals surface area contributed by atoms with E-state index < -0.39 is 11.7 Å². The van der Waals surface area contributed by atoms with Crippen LogP contribution in [-0.2, 0) is 12.6 Å². The van der Waals surface area contributed by atoms with Crippen molar-refractivity contribution in [2.45, 2.75) is 12.6 Å². The summed E-state index contributed by atoms with van der Waals surface area (Å²) in [5, 5.41) is 2.85. The van der Waals surface area contributed by atoms with Crippen molar-refractivity contribution in [2.24, 2.45) is 10.7 Å². The van der Waals surface area contributed by atoms with Gasteiger partial charge >= 0.3 is 6.18 Å². The first-order valence-electron chi connectivity index (χ1n) is 7.55. The van der Waals surface area contributed by atoms with E-state index in [4.69, 9.17) is 10.5 Å². The summed E-state index contributed by atoms with van der Waals surface area (Å²) >= 11 is 0. The Morgan fingerprint density at radius 1 is 1.19 bits per heavy atom. The van der Waals surface area contributed by atoms with Crippen molar-refractivity contribution in [1.29, 1.82) is 0 Å². The normalized spacial score (nSPS) is 11.6. The van der Waals surface area contributed by atoms with Gasteiger partial charge in [-0.1, -0.05) is 6.07 Å². The van der Waals surface area contributed by atoms with Crippen LogP contribution in [-0.4, -0.2) is 35.6 Å². The molecule has 0 spiro atoms. The number of pyridine rings is 2. The minimum Gasteiger partial charge on any atom is -0.476 e. The third-order valence-electron chi connectivity index (χ3n) is 3.10. The first kappa shape index (κ1) is 21.9. The van der Waals surface area contributed by atoms with Crippen LogP contribution in [0.3, 0.4) is 0 Å². The number of hydrogen-bond donors (Lipinski definition) is 2. The number of guanidine groups is 1. The van der Waals surface area contributed by atoms with Gasteiger partial charge in [0.2, 0.25) is 5.88 Å². The second-order valence-corrected chi connectivity index (χ2v) is 5.00. The zero-order valence-electron chi connectivity index (χ0n) is 13.7. The summed E-state index contributed by atoms with van der Waals surface area (Å²) in [6.07, 6.45) is -1.29. The van der Waals surface area contributed by atoms with E-state index in [0.29, 0.717) is 19.5 Å². The fourth-order valence-electron chi connectivity index (χ4n) is 1.86. The average molecular weight is 481 g/mol. The number of alkyl halides is 3. The van der Waals surface area contributed by atoms with E-state index >= 15 is 0 Å². The van der Waals surface area contributed by atoms with Crippen molar-refractivity contribution in [1.82, 2.24) is 15.3 Å². The molecule has 0 atom stereocenters. The minimum absolute atomic E-state index is 0. The number of aliphatic imine (C=N–C) groups is 1. The molecule has 0 saturated heterocycles. The van der Waals surface area contributed by atoms with Crippen molar-refractivity contribution in [3.63, 3.8) is 0 Å². The van der Waals surface area contributed by atoms with E-state index in [-0.39, 0.29) is 42.4 Å². The fourth-order valence-corrected chi connectivity index (χ4v) is 1.86. The summed E-state index contributed by atoms with van der Waals surface area (Å²) in [5.41, 5.74) is 5.82. The smallest absolute Gasteiger partial charge is 0.417 e. The fraction of sp³-hybridized carbons (Fsp3) is 0.312. The average Bonchev–Trinajstić information content (AvgIpc) is 2.59. The second-order valence-electron chi connectivity index (χ2n) is 5.00. The number of hydrogen-bond acceptors (Lipinski definition) is 4. The number of nitrogens with zero attached hydrogens (tertiary/aromatic N) is 3. The molecule has 0 fully saturated rings. The molecule has 0 aliphatic carbocycles. The maximum absolute atomic E-state index is 12.4. The number of nitrogens with one attached hydrogen (secondary N) is 1. The monoisotopic (exact) mass is 481 g/mol. The van der Waals surface area contributed by atoms with Crippen LogP contribution < -0.4 is 15.8 Å². The molecule has 0 aromatic carbocycles. The number of halogens is 4. The molecule has 0 radical (unpaired) electrons. The molecular formula is C16H19F3IN5O. The number of nitrogens with two attached hydrogens (primary N) is 1. The molecule has 26 heavy (non-hydrogen) atoms. The first-order chi connectivity index (χ1) is 11.9. The highest BCUT2D eigenvalue weighted by Gasteiger charge is 2.30. The predicted molar refractivity (Wildman–Crippen MR) is 103 cm³/mol. The largest absolute Gasteiger partial charge is 0.476 e. The van der Waals surface area contributed by atoms with E-state index in [1.807, 2.05) is 18.2 Å². The molecule has 0 aliphatic rings. The van der Waals surface area contributed by atoms with E-state index in [9.17, 15) is 13.2 Å². The highest BCUT2D eigenvalue weighted by molar-refractivity contribution is 14.0. The molecular weight excluding hydrogens is 462 g/mol. The number of ether oxygens (including phenoxy) is 1. The molecule has 0 saturated carbocycles. The Bertz CT molecular complexity index is 681. The maximum Gasteiger partial charge on any atom is 0.417 e. The summed E-state index contributed by atoms with van der Waals surface area (Å²) in [5.74, 6) is 0.375. The van der Waals surface area contributed by atoms with Gasteiger partial charge in [-0.25, -0.2) is 4.98 Å². The molecule has 0 bridgehead atoms. The molecule has 142 valence electrons. The van der Waals surface area contributed by atoms with Crippen LogP contribution in [0, 0.1) is 0 Å². The van der Waals surface area contributed by atoms with Crippen molar-refractivity contribution < 1.29 is 17.9 Å². The van der Waals surface area contributed by atoms with Crippen LogP contribution >= 0.6 is 24.0 Å². The molecule has 10 heteroatoms. The summed E-state index contributed by atoms with van der Waals surface area (Å²) in [6, 6.07) is 7.74. The second kappa shape index (κ2) is 10.8. The van der Waals surface area contributed by atoms with E-state index in [0.717, 1.165) is 18.0 Å². The van der Waals surface area contributed by atoms with E-state index in [2.05, 4.69) is 20.3 Å². The number of aromatic nitrogens is 2. The van der Waals surface area contributed by atoms with Crippen LogP contribution in [0.4, 0.5) is 13.2 Å². The quantitative estimate of drug-likeness (QED) is 0.275. The predicted octanol–water partition coefficient (Wildman–Crippen LogP) is 2.64. The molecule has 2 heterocycles. The lowest BCUT2D eigenvalue weighted by molar-refractivity contribution is -0.137. The Kier molecular flexibility index (Phi) is 9.10. The zero-order chi connectivity index (χ0) is 18.1. The van der Waals surface area contributed by atoms with Gasteiger partial charge in [0, 0.05) is 37.1 Å². The van der Waals surface area contributed by atoms with Gasteiger partial charge in [0.05, 0.1) is 12.1 Å². The van der Waals surface area contributed by atoms with Gasteiger partial charge in [0.1, 0.15) is 6.61 Å². The van der Waals surface area contributed by atoms with Crippen molar-refractivity contribution >= 4 is 29.9 Å². The Morgan fingerprint density at radius 3 is 2.62 bits per heavy atom. The Labute approximate surface area is 166 Å². The minimum atomic E-state index is -4.41. The molecule has 6 nitrogen and oxygen atoms in total. The molecule has 2 aromatic heterocycles. The van der Waals surface area contributed by atoms with Gasteiger partial charge in [-0.2, -0.15) is 13.2 Å². The van der Waals surface area contributed by atoms with Gasteiger partial charge in [-0.3, -0.25) is 9.98 Å². The lowest BCUT2D eigenvalue weighted by atomic mass is 10.3. The van der Waals surface area contributed by atoms with Gasteiger partial charge in [0.25, 0.3) is 0 Å². The SMILES string of the molecule is I.NC(=NCCc1ccccn1)NCCOc1ccc(C(F)(F)F)cn1. The highest BCUT2D eigenvalue weighted by Crippen LogP contribution is 2.29. The van der Waals surface area contributed by atoms with Crippen molar-refractivity contribution in [3.05, 3.63) is 54.0 Å². The number of rotatable bonds is 7. The standard InChI is InChI=1S/C16H18F3N5O.HI/c17-16(18,19)12-4-5-14(24-11-12)25-10-9-23-15(20)22-8-6-13-3-1-2-7-21-13;/h1-5,7,11H,6,8-10H2,(H3,20,22,23);1H. The first-order valence-corrected chi connectivity index (χ1v) is 7.55. The van der Waals surface area contributed by atoms with E-state index in [1.165, 1.54) is 6.07 Å².